The quantitative estimate of drug-likeness (QED) is 0.789. The number of carboxylic acid groups (broad SMARTS) is 1. The van der Waals surface area contributed by atoms with Crippen molar-refractivity contribution in [1.29, 1.82) is 0 Å². The smallest absolute Gasteiger partial charge is 0.313 e. The van der Waals surface area contributed by atoms with Crippen LogP contribution in [0.4, 0.5) is 4.39 Å². The van der Waals surface area contributed by atoms with Crippen LogP contribution in [0.15, 0.2) is 23.4 Å². The summed E-state index contributed by atoms with van der Waals surface area (Å²) in [6.45, 7) is 2.83. The summed E-state index contributed by atoms with van der Waals surface area (Å²) in [5.74, 6) is -1.36. The normalized spacial score (nSPS) is 12.7. The molecule has 0 amide bonds. The zero-order valence-electron chi connectivity index (χ0n) is 11.9. The Hall–Kier alpha value is -1.21. The number of hydrogen-bond acceptors (Lipinski definition) is 4. The van der Waals surface area contributed by atoms with E-state index in [1.807, 2.05) is 10.6 Å². The summed E-state index contributed by atoms with van der Waals surface area (Å²) < 4.78 is 15.8. The molecule has 0 saturated carbocycles. The lowest BCUT2D eigenvalue weighted by atomic mass is 10.3. The fourth-order valence-electron chi connectivity index (χ4n) is 1.97. The molecule has 0 bridgehead atoms. The first-order chi connectivity index (χ1) is 10.0. The molecule has 0 aliphatic heterocycles. The average Bonchev–Trinajstić information content (AvgIpc) is 2.82. The second-order valence-electron chi connectivity index (χ2n) is 4.67. The van der Waals surface area contributed by atoms with Crippen LogP contribution in [0.5, 0.6) is 0 Å². The average molecular weight is 328 g/mol. The van der Waals surface area contributed by atoms with E-state index < -0.39 is 5.97 Å². The molecule has 114 valence electrons. The predicted molar refractivity (Wildman–Crippen MR) is 85.6 cm³/mol. The summed E-state index contributed by atoms with van der Waals surface area (Å²) in [4.78, 5) is 15.0. The summed E-state index contributed by atoms with van der Waals surface area (Å²) in [5.41, 5.74) is 1.03. The highest BCUT2D eigenvalue weighted by Crippen LogP contribution is 2.27. The van der Waals surface area contributed by atoms with Crippen molar-refractivity contribution in [3.05, 3.63) is 24.0 Å². The molecule has 1 aromatic heterocycles. The monoisotopic (exact) mass is 328 g/mol. The van der Waals surface area contributed by atoms with Gasteiger partial charge in [0.2, 0.25) is 0 Å². The fraction of sp³-hybridized carbons (Fsp3) is 0.429. The van der Waals surface area contributed by atoms with E-state index in [-0.39, 0.29) is 11.6 Å². The molecule has 4 nitrogen and oxygen atoms in total. The van der Waals surface area contributed by atoms with Gasteiger partial charge in [0.1, 0.15) is 5.52 Å². The second-order valence-corrected chi connectivity index (χ2v) is 6.89. The number of hydrogen-bond donors (Lipinski definition) is 1. The number of thioether (sulfide) groups is 2. The lowest BCUT2D eigenvalue weighted by molar-refractivity contribution is -0.133. The Balaban J connectivity index is 2.35. The van der Waals surface area contributed by atoms with E-state index in [4.69, 9.17) is 5.11 Å². The number of benzene rings is 1. The van der Waals surface area contributed by atoms with E-state index in [0.29, 0.717) is 22.5 Å². The van der Waals surface area contributed by atoms with Gasteiger partial charge in [0, 0.05) is 11.8 Å². The molecular weight excluding hydrogens is 311 g/mol. The highest BCUT2D eigenvalue weighted by atomic mass is 32.2. The zero-order chi connectivity index (χ0) is 15.4. The largest absolute Gasteiger partial charge is 0.481 e. The summed E-state index contributed by atoms with van der Waals surface area (Å²) in [6, 6.07) is 4.84. The first-order valence-electron chi connectivity index (χ1n) is 6.55. The van der Waals surface area contributed by atoms with Crippen LogP contribution in [0, 0.1) is 5.82 Å². The number of aliphatic carboxylic acids is 1. The van der Waals surface area contributed by atoms with Crippen LogP contribution in [0.25, 0.3) is 11.0 Å². The molecule has 0 aliphatic rings. The molecule has 0 aliphatic carbocycles. The van der Waals surface area contributed by atoms with E-state index in [0.717, 1.165) is 23.7 Å². The van der Waals surface area contributed by atoms with Crippen LogP contribution >= 0.6 is 23.5 Å². The number of para-hydroxylation sites is 1. The third-order valence-corrected chi connectivity index (χ3v) is 5.18. The number of carboxylic acids is 1. The number of nitrogens with zero attached hydrogens (tertiary/aromatic N) is 2. The Morgan fingerprint density at radius 2 is 2.29 bits per heavy atom. The van der Waals surface area contributed by atoms with Crippen molar-refractivity contribution < 1.29 is 14.3 Å². The summed E-state index contributed by atoms with van der Waals surface area (Å²) in [6.07, 6.45) is 2.97. The molecule has 0 saturated heterocycles. The van der Waals surface area contributed by atoms with E-state index in [1.54, 1.807) is 17.8 Å². The predicted octanol–water partition coefficient (Wildman–Crippen LogP) is 3.49. The maximum atomic E-state index is 13.8. The van der Waals surface area contributed by atoms with Crippen molar-refractivity contribution in [3.8, 4) is 0 Å². The van der Waals surface area contributed by atoms with Crippen molar-refractivity contribution in [2.75, 3.05) is 12.0 Å². The van der Waals surface area contributed by atoms with Gasteiger partial charge in [-0.3, -0.25) is 4.79 Å². The minimum atomic E-state index is -0.906. The van der Waals surface area contributed by atoms with Gasteiger partial charge < -0.3 is 9.67 Å². The Morgan fingerprint density at radius 3 is 2.95 bits per heavy atom. The second kappa shape index (κ2) is 7.17. The number of rotatable bonds is 7. The van der Waals surface area contributed by atoms with E-state index in [1.165, 1.54) is 6.07 Å². The van der Waals surface area contributed by atoms with Crippen LogP contribution < -0.4 is 0 Å². The Bertz CT molecular complexity index is 645. The van der Waals surface area contributed by atoms with Crippen LogP contribution in [0.3, 0.4) is 0 Å². The lowest BCUT2D eigenvalue weighted by Crippen LogP contribution is -2.07. The van der Waals surface area contributed by atoms with Gasteiger partial charge in [-0.15, -0.1) is 0 Å². The summed E-state index contributed by atoms with van der Waals surface area (Å²) in [5, 5.41) is 9.86. The first-order valence-corrected chi connectivity index (χ1v) is 8.82. The topological polar surface area (TPSA) is 55.1 Å². The van der Waals surface area contributed by atoms with Crippen LogP contribution in [-0.2, 0) is 11.3 Å². The number of aromatic nitrogens is 2. The van der Waals surface area contributed by atoms with E-state index >= 15 is 0 Å². The minimum absolute atomic E-state index is 0.0803. The molecule has 1 unspecified atom stereocenters. The van der Waals surface area contributed by atoms with Crippen LogP contribution in [0.1, 0.15) is 13.3 Å². The van der Waals surface area contributed by atoms with Gasteiger partial charge in [-0.1, -0.05) is 24.8 Å². The molecule has 0 spiro atoms. The van der Waals surface area contributed by atoms with Crippen molar-refractivity contribution in [3.63, 3.8) is 0 Å². The van der Waals surface area contributed by atoms with Gasteiger partial charge in [0.25, 0.3) is 0 Å². The van der Waals surface area contributed by atoms with Gasteiger partial charge in [0.15, 0.2) is 11.0 Å². The first kappa shape index (κ1) is 16.2. The zero-order valence-corrected chi connectivity index (χ0v) is 13.5. The number of aryl methyl sites for hydroxylation is 1. The van der Waals surface area contributed by atoms with Crippen molar-refractivity contribution in [2.24, 2.45) is 0 Å². The molecule has 0 radical (unpaired) electrons. The van der Waals surface area contributed by atoms with Gasteiger partial charge in [-0.2, -0.15) is 11.8 Å². The summed E-state index contributed by atoms with van der Waals surface area (Å²) in [7, 11) is 0. The number of carbonyl (C=O) groups is 1. The molecular formula is C14H17FN2O2S2. The fourth-order valence-corrected chi connectivity index (χ4v) is 3.07. The van der Waals surface area contributed by atoms with Crippen molar-refractivity contribution in [2.45, 2.75) is 30.3 Å². The number of fused-ring (bicyclic) bond motifs is 1. The Labute approximate surface area is 131 Å². The van der Waals surface area contributed by atoms with Crippen molar-refractivity contribution in [1.82, 2.24) is 9.55 Å². The SMILES string of the molecule is CSC(C)CCn1c(SCC(=O)O)nc2c(F)cccc21. The van der Waals surface area contributed by atoms with Crippen molar-refractivity contribution >= 4 is 40.5 Å². The molecule has 2 rings (SSSR count). The lowest BCUT2D eigenvalue weighted by Gasteiger charge is -2.11. The highest BCUT2D eigenvalue weighted by molar-refractivity contribution is 7.99. The third kappa shape index (κ3) is 3.91. The molecule has 1 N–H and O–H groups in total. The van der Waals surface area contributed by atoms with Crippen LogP contribution in [0.2, 0.25) is 0 Å². The van der Waals surface area contributed by atoms with Gasteiger partial charge in [-0.25, -0.2) is 9.37 Å². The molecule has 0 fully saturated rings. The molecule has 1 atom stereocenters. The standard InChI is InChI=1S/C14H17FN2O2S2/c1-9(20-2)6-7-17-11-5-3-4-10(15)13(11)16-14(17)21-8-12(18)19/h3-5,9H,6-8H2,1-2H3,(H,18,19). The Morgan fingerprint density at radius 1 is 1.52 bits per heavy atom. The number of halogens is 1. The third-order valence-electron chi connectivity index (χ3n) is 3.18. The number of imidazole rings is 1. The minimum Gasteiger partial charge on any atom is -0.481 e. The van der Waals surface area contributed by atoms with Crippen LogP contribution in [-0.4, -0.2) is 37.9 Å². The van der Waals surface area contributed by atoms with Gasteiger partial charge >= 0.3 is 5.97 Å². The molecule has 7 heteroatoms. The molecule has 2 aromatic rings. The Kier molecular flexibility index (Phi) is 5.52. The van der Waals surface area contributed by atoms with Gasteiger partial charge in [0.05, 0.1) is 11.3 Å². The van der Waals surface area contributed by atoms with Gasteiger partial charge in [-0.05, 0) is 24.8 Å². The molecule has 1 aromatic carbocycles. The molecule has 21 heavy (non-hydrogen) atoms. The van der Waals surface area contributed by atoms with E-state index in [2.05, 4.69) is 18.2 Å². The molecule has 1 heterocycles. The highest BCUT2D eigenvalue weighted by Gasteiger charge is 2.15. The maximum Gasteiger partial charge on any atom is 0.313 e. The summed E-state index contributed by atoms with van der Waals surface area (Å²) >= 11 is 2.90. The van der Waals surface area contributed by atoms with E-state index in [9.17, 15) is 9.18 Å². The maximum absolute atomic E-state index is 13.8.